The predicted molar refractivity (Wildman–Crippen MR) is 156 cm³/mol. The Labute approximate surface area is 238 Å². The summed E-state index contributed by atoms with van der Waals surface area (Å²) < 4.78 is 0. The molecule has 0 radical (unpaired) electrons. The van der Waals surface area contributed by atoms with Gasteiger partial charge in [0.05, 0.1) is 5.75 Å². The van der Waals surface area contributed by atoms with Crippen LogP contribution in [0.25, 0.3) is 0 Å². The number of carbonyl (C=O) groups excluding carboxylic acids is 2. The largest absolute Gasteiger partial charge is 0.350 e. The highest BCUT2D eigenvalue weighted by Gasteiger charge is 2.32. The highest BCUT2D eigenvalue weighted by molar-refractivity contribution is 7.99. The SMILES string of the molecule is CC(C)(C)NC(=O)[C@H](Cc1ccccc1)N(Cc1ccccc1Cl)C(=O)CSCc1ccc(Cl)cc1Cl. The van der Waals surface area contributed by atoms with Crippen LogP contribution in [-0.2, 0) is 28.3 Å². The molecule has 0 bridgehead atoms. The number of halogens is 3. The van der Waals surface area contributed by atoms with Gasteiger partial charge in [-0.05, 0) is 55.7 Å². The van der Waals surface area contributed by atoms with Gasteiger partial charge in [0.15, 0.2) is 0 Å². The number of rotatable bonds is 10. The zero-order valence-electron chi connectivity index (χ0n) is 21.1. The molecule has 0 unspecified atom stereocenters. The first-order valence-electron chi connectivity index (χ1n) is 11.9. The second kappa shape index (κ2) is 13.6. The number of benzene rings is 3. The molecule has 3 aromatic rings. The Kier molecular flexibility index (Phi) is 10.8. The molecule has 1 atom stereocenters. The lowest BCUT2D eigenvalue weighted by Gasteiger charge is -2.34. The molecule has 37 heavy (non-hydrogen) atoms. The molecule has 1 N–H and O–H groups in total. The van der Waals surface area contributed by atoms with Crippen molar-refractivity contribution in [3.8, 4) is 0 Å². The Balaban J connectivity index is 1.88. The molecule has 0 saturated heterocycles. The Hall–Kier alpha value is -2.18. The molecule has 0 aliphatic rings. The lowest BCUT2D eigenvalue weighted by atomic mass is 10.0. The van der Waals surface area contributed by atoms with Gasteiger partial charge < -0.3 is 10.2 Å². The second-order valence-corrected chi connectivity index (χ2v) is 12.0. The quantitative estimate of drug-likeness (QED) is 0.272. The van der Waals surface area contributed by atoms with E-state index >= 15 is 0 Å². The number of nitrogens with one attached hydrogen (secondary N) is 1. The molecule has 0 spiro atoms. The maximum Gasteiger partial charge on any atom is 0.243 e. The maximum absolute atomic E-state index is 13.7. The van der Waals surface area contributed by atoms with Crippen LogP contribution < -0.4 is 5.32 Å². The van der Waals surface area contributed by atoms with E-state index in [1.165, 1.54) is 11.8 Å². The van der Waals surface area contributed by atoms with E-state index < -0.39 is 11.6 Å². The van der Waals surface area contributed by atoms with Crippen LogP contribution in [0.1, 0.15) is 37.5 Å². The summed E-state index contributed by atoms with van der Waals surface area (Å²) in [5.74, 6) is 0.360. The van der Waals surface area contributed by atoms with Crippen molar-refractivity contribution in [2.75, 3.05) is 5.75 Å². The molecule has 3 rings (SSSR count). The zero-order chi connectivity index (χ0) is 27.0. The van der Waals surface area contributed by atoms with Gasteiger partial charge in [0.25, 0.3) is 0 Å². The van der Waals surface area contributed by atoms with Crippen LogP contribution in [0.15, 0.2) is 72.8 Å². The van der Waals surface area contributed by atoms with Gasteiger partial charge in [0, 0.05) is 39.3 Å². The molecule has 0 fully saturated rings. The van der Waals surface area contributed by atoms with Gasteiger partial charge in [-0.15, -0.1) is 11.8 Å². The Morgan fingerprint density at radius 1 is 0.892 bits per heavy atom. The Morgan fingerprint density at radius 2 is 1.57 bits per heavy atom. The Bertz CT molecular complexity index is 1220. The topological polar surface area (TPSA) is 49.4 Å². The van der Waals surface area contributed by atoms with Crippen LogP contribution in [-0.4, -0.2) is 34.0 Å². The normalized spacial score (nSPS) is 12.2. The van der Waals surface area contributed by atoms with E-state index in [2.05, 4.69) is 5.32 Å². The highest BCUT2D eigenvalue weighted by Crippen LogP contribution is 2.26. The molecule has 0 saturated carbocycles. The van der Waals surface area contributed by atoms with E-state index in [1.807, 2.05) is 75.4 Å². The van der Waals surface area contributed by atoms with Crippen molar-refractivity contribution in [3.05, 3.63) is 105 Å². The first-order chi connectivity index (χ1) is 17.5. The summed E-state index contributed by atoms with van der Waals surface area (Å²) in [7, 11) is 0. The number of carbonyl (C=O) groups is 2. The number of hydrogen-bond donors (Lipinski definition) is 1. The van der Waals surface area contributed by atoms with E-state index in [4.69, 9.17) is 34.8 Å². The molecule has 2 amide bonds. The van der Waals surface area contributed by atoms with Gasteiger partial charge in [-0.2, -0.15) is 0 Å². The van der Waals surface area contributed by atoms with Crippen molar-refractivity contribution < 1.29 is 9.59 Å². The average molecular weight is 578 g/mol. The summed E-state index contributed by atoms with van der Waals surface area (Å²) in [6.45, 7) is 6.00. The third-order valence-corrected chi connectivity index (χ3v) is 7.49. The van der Waals surface area contributed by atoms with Crippen molar-refractivity contribution in [2.45, 2.75) is 51.1 Å². The van der Waals surface area contributed by atoms with Gasteiger partial charge in [0.1, 0.15) is 6.04 Å². The van der Waals surface area contributed by atoms with E-state index in [1.54, 1.807) is 23.1 Å². The minimum atomic E-state index is -0.717. The van der Waals surface area contributed by atoms with Crippen molar-refractivity contribution >= 4 is 58.4 Å². The summed E-state index contributed by atoms with van der Waals surface area (Å²) in [6, 6.07) is 21.7. The van der Waals surface area contributed by atoms with E-state index in [-0.39, 0.29) is 24.1 Å². The van der Waals surface area contributed by atoms with Crippen LogP contribution in [0.3, 0.4) is 0 Å². The third-order valence-electron chi connectivity index (χ3n) is 5.57. The van der Waals surface area contributed by atoms with Crippen molar-refractivity contribution in [1.82, 2.24) is 10.2 Å². The Morgan fingerprint density at radius 3 is 2.22 bits per heavy atom. The molecule has 8 heteroatoms. The fraction of sp³-hybridized carbons (Fsp3) is 0.310. The highest BCUT2D eigenvalue weighted by atomic mass is 35.5. The monoisotopic (exact) mass is 576 g/mol. The van der Waals surface area contributed by atoms with Gasteiger partial charge >= 0.3 is 0 Å². The molecule has 0 aliphatic carbocycles. The molecular weight excluding hydrogens is 547 g/mol. The molecule has 196 valence electrons. The summed E-state index contributed by atoms with van der Waals surface area (Å²) in [6.07, 6.45) is 0.382. The summed E-state index contributed by atoms with van der Waals surface area (Å²) in [5, 5.41) is 4.74. The maximum atomic E-state index is 13.7. The standard InChI is InChI=1S/C29H31Cl3N2O2S/c1-29(2,3)33-28(36)26(15-20-9-5-4-6-10-20)34(17-21-11-7-8-12-24(21)31)27(35)19-37-18-22-13-14-23(30)16-25(22)32/h4-14,16,26H,15,17-19H2,1-3H3,(H,33,36)/t26-/m0/s1. The van der Waals surface area contributed by atoms with Gasteiger partial charge in [-0.25, -0.2) is 0 Å². The molecule has 0 heterocycles. The first kappa shape index (κ1) is 29.4. The van der Waals surface area contributed by atoms with Crippen LogP contribution >= 0.6 is 46.6 Å². The number of thioether (sulfide) groups is 1. The van der Waals surface area contributed by atoms with Crippen LogP contribution in [0.5, 0.6) is 0 Å². The first-order valence-corrected chi connectivity index (χ1v) is 14.2. The summed E-state index contributed by atoms with van der Waals surface area (Å²) >= 11 is 20.2. The van der Waals surface area contributed by atoms with E-state index in [0.29, 0.717) is 27.2 Å². The smallest absolute Gasteiger partial charge is 0.243 e. The third kappa shape index (κ3) is 9.26. The number of nitrogens with zero attached hydrogens (tertiary/aromatic N) is 1. The van der Waals surface area contributed by atoms with E-state index in [9.17, 15) is 9.59 Å². The summed E-state index contributed by atoms with van der Waals surface area (Å²) in [5.41, 5.74) is 2.19. The molecule has 0 aliphatic heterocycles. The van der Waals surface area contributed by atoms with Gasteiger partial charge in [-0.1, -0.05) is 89.4 Å². The second-order valence-electron chi connectivity index (χ2n) is 9.79. The minimum absolute atomic E-state index is 0.153. The number of amides is 2. The van der Waals surface area contributed by atoms with Crippen molar-refractivity contribution in [3.63, 3.8) is 0 Å². The molecular formula is C29H31Cl3N2O2S. The molecule has 4 nitrogen and oxygen atoms in total. The van der Waals surface area contributed by atoms with Gasteiger partial charge in [-0.3, -0.25) is 9.59 Å². The van der Waals surface area contributed by atoms with Gasteiger partial charge in [0.2, 0.25) is 11.8 Å². The fourth-order valence-corrected chi connectivity index (χ4v) is 5.45. The van der Waals surface area contributed by atoms with Crippen molar-refractivity contribution in [1.29, 1.82) is 0 Å². The molecule has 0 aromatic heterocycles. The lowest BCUT2D eigenvalue weighted by Crippen LogP contribution is -2.54. The lowest BCUT2D eigenvalue weighted by molar-refractivity contribution is -0.140. The minimum Gasteiger partial charge on any atom is -0.350 e. The van der Waals surface area contributed by atoms with E-state index in [0.717, 1.165) is 16.7 Å². The average Bonchev–Trinajstić information content (AvgIpc) is 2.83. The fourth-order valence-electron chi connectivity index (χ4n) is 3.79. The predicted octanol–water partition coefficient (Wildman–Crippen LogP) is 7.43. The number of hydrogen-bond acceptors (Lipinski definition) is 3. The van der Waals surface area contributed by atoms with Crippen LogP contribution in [0, 0.1) is 0 Å². The van der Waals surface area contributed by atoms with Crippen molar-refractivity contribution in [2.24, 2.45) is 0 Å². The molecule has 3 aromatic carbocycles. The van der Waals surface area contributed by atoms with Crippen LogP contribution in [0.2, 0.25) is 15.1 Å². The summed E-state index contributed by atoms with van der Waals surface area (Å²) in [4.78, 5) is 28.9. The van der Waals surface area contributed by atoms with Crippen LogP contribution in [0.4, 0.5) is 0 Å². The zero-order valence-corrected chi connectivity index (χ0v) is 24.2.